The van der Waals surface area contributed by atoms with E-state index in [-0.39, 0.29) is 0 Å². The SMILES string of the molecule is COc1cc(-n2ccnc2-c2ccc(C)cc2)cc(OC)c1OC. The molecular weight excluding hydrogens is 304 g/mol. The van der Waals surface area contributed by atoms with Gasteiger partial charge in [-0.3, -0.25) is 4.57 Å². The van der Waals surface area contributed by atoms with Crippen molar-refractivity contribution in [2.75, 3.05) is 21.3 Å². The lowest BCUT2D eigenvalue weighted by Gasteiger charge is -2.15. The van der Waals surface area contributed by atoms with Gasteiger partial charge in [-0.25, -0.2) is 4.98 Å². The Morgan fingerprint density at radius 1 is 0.875 bits per heavy atom. The van der Waals surface area contributed by atoms with Gasteiger partial charge in [-0.15, -0.1) is 0 Å². The van der Waals surface area contributed by atoms with Crippen molar-refractivity contribution in [1.29, 1.82) is 0 Å². The van der Waals surface area contributed by atoms with E-state index in [1.54, 1.807) is 27.5 Å². The van der Waals surface area contributed by atoms with Gasteiger partial charge >= 0.3 is 0 Å². The van der Waals surface area contributed by atoms with Crippen molar-refractivity contribution < 1.29 is 14.2 Å². The lowest BCUT2D eigenvalue weighted by atomic mass is 10.1. The fraction of sp³-hybridized carbons (Fsp3) is 0.211. The number of ether oxygens (including phenoxy) is 3. The lowest BCUT2D eigenvalue weighted by Crippen LogP contribution is -2.00. The predicted octanol–water partition coefficient (Wildman–Crippen LogP) is 3.87. The van der Waals surface area contributed by atoms with Gasteiger partial charge < -0.3 is 14.2 Å². The smallest absolute Gasteiger partial charge is 0.203 e. The van der Waals surface area contributed by atoms with E-state index in [9.17, 15) is 0 Å². The van der Waals surface area contributed by atoms with Crippen LogP contribution in [0.3, 0.4) is 0 Å². The van der Waals surface area contributed by atoms with Gasteiger partial charge in [-0.05, 0) is 6.92 Å². The summed E-state index contributed by atoms with van der Waals surface area (Å²) in [6.07, 6.45) is 3.69. The number of nitrogens with zero attached hydrogens (tertiary/aromatic N) is 2. The van der Waals surface area contributed by atoms with E-state index in [1.807, 2.05) is 22.9 Å². The molecule has 1 heterocycles. The van der Waals surface area contributed by atoms with Gasteiger partial charge in [0.05, 0.1) is 27.0 Å². The van der Waals surface area contributed by atoms with E-state index in [4.69, 9.17) is 14.2 Å². The van der Waals surface area contributed by atoms with Crippen LogP contribution >= 0.6 is 0 Å². The zero-order valence-corrected chi connectivity index (χ0v) is 14.2. The first-order valence-electron chi connectivity index (χ1n) is 7.58. The van der Waals surface area contributed by atoms with Crippen molar-refractivity contribution in [3.63, 3.8) is 0 Å². The number of rotatable bonds is 5. The molecule has 24 heavy (non-hydrogen) atoms. The number of aromatic nitrogens is 2. The van der Waals surface area contributed by atoms with Gasteiger partial charge in [0, 0.05) is 30.1 Å². The van der Waals surface area contributed by atoms with Gasteiger partial charge in [0.15, 0.2) is 11.5 Å². The molecule has 0 N–H and O–H groups in total. The van der Waals surface area contributed by atoms with Gasteiger partial charge in [0.2, 0.25) is 5.75 Å². The van der Waals surface area contributed by atoms with Crippen molar-refractivity contribution >= 4 is 0 Å². The van der Waals surface area contributed by atoms with Crippen LogP contribution in [0.15, 0.2) is 48.8 Å². The fourth-order valence-corrected chi connectivity index (χ4v) is 2.63. The average molecular weight is 324 g/mol. The molecule has 0 aliphatic carbocycles. The van der Waals surface area contributed by atoms with Crippen molar-refractivity contribution in [1.82, 2.24) is 9.55 Å². The summed E-state index contributed by atoms with van der Waals surface area (Å²) in [7, 11) is 4.81. The number of methoxy groups -OCH3 is 3. The third-order valence-corrected chi connectivity index (χ3v) is 3.88. The van der Waals surface area contributed by atoms with Crippen LogP contribution in [0.4, 0.5) is 0 Å². The molecule has 0 aliphatic heterocycles. The Labute approximate surface area is 141 Å². The first kappa shape index (κ1) is 15.9. The van der Waals surface area contributed by atoms with E-state index in [0.717, 1.165) is 17.1 Å². The maximum Gasteiger partial charge on any atom is 0.203 e. The molecule has 0 fully saturated rings. The van der Waals surface area contributed by atoms with Crippen molar-refractivity contribution in [2.45, 2.75) is 6.92 Å². The quantitative estimate of drug-likeness (QED) is 0.714. The van der Waals surface area contributed by atoms with Gasteiger partial charge in [0.1, 0.15) is 5.82 Å². The molecule has 1 aromatic heterocycles. The highest BCUT2D eigenvalue weighted by Gasteiger charge is 2.16. The molecule has 0 aliphatic rings. The molecular formula is C19H20N2O3. The lowest BCUT2D eigenvalue weighted by molar-refractivity contribution is 0.324. The zero-order valence-electron chi connectivity index (χ0n) is 14.2. The molecule has 2 aromatic carbocycles. The van der Waals surface area contributed by atoms with Crippen molar-refractivity contribution in [3.8, 4) is 34.3 Å². The van der Waals surface area contributed by atoms with Crippen LogP contribution < -0.4 is 14.2 Å². The maximum atomic E-state index is 5.44. The second-order valence-corrected chi connectivity index (χ2v) is 5.37. The Kier molecular flexibility index (Phi) is 4.42. The third-order valence-electron chi connectivity index (χ3n) is 3.88. The summed E-state index contributed by atoms with van der Waals surface area (Å²) in [6, 6.07) is 12.1. The van der Waals surface area contributed by atoms with Gasteiger partial charge in [-0.1, -0.05) is 29.8 Å². The first-order valence-corrected chi connectivity index (χ1v) is 7.58. The molecule has 0 unspecified atom stereocenters. The number of aryl methyl sites for hydroxylation is 1. The van der Waals surface area contributed by atoms with Crippen LogP contribution in [-0.4, -0.2) is 30.9 Å². The van der Waals surface area contributed by atoms with Crippen molar-refractivity contribution in [3.05, 3.63) is 54.4 Å². The standard InChI is InChI=1S/C19H20N2O3/c1-13-5-7-14(8-6-13)19-20-9-10-21(19)15-11-16(22-2)18(24-4)17(12-15)23-3/h5-12H,1-4H3. The van der Waals surface area contributed by atoms with E-state index in [2.05, 4.69) is 36.2 Å². The highest BCUT2D eigenvalue weighted by Crippen LogP contribution is 2.40. The van der Waals surface area contributed by atoms with Crippen LogP contribution in [-0.2, 0) is 0 Å². The molecule has 3 rings (SSSR count). The molecule has 5 nitrogen and oxygen atoms in total. The normalized spacial score (nSPS) is 10.5. The monoisotopic (exact) mass is 324 g/mol. The molecule has 3 aromatic rings. The Morgan fingerprint density at radius 3 is 2.04 bits per heavy atom. The molecule has 0 bridgehead atoms. The topological polar surface area (TPSA) is 45.5 Å². The fourth-order valence-electron chi connectivity index (χ4n) is 2.63. The first-order chi connectivity index (χ1) is 11.7. The van der Waals surface area contributed by atoms with Crippen LogP contribution in [0.25, 0.3) is 17.1 Å². The minimum atomic E-state index is 0.570. The Balaban J connectivity index is 2.14. The Morgan fingerprint density at radius 2 is 1.50 bits per heavy atom. The van der Waals surface area contributed by atoms with Gasteiger partial charge in [-0.2, -0.15) is 0 Å². The molecule has 124 valence electrons. The summed E-state index contributed by atoms with van der Waals surface area (Å²) < 4.78 is 18.3. The molecule has 0 spiro atoms. The van der Waals surface area contributed by atoms with E-state index < -0.39 is 0 Å². The number of hydrogen-bond donors (Lipinski definition) is 0. The van der Waals surface area contributed by atoms with E-state index >= 15 is 0 Å². The van der Waals surface area contributed by atoms with E-state index in [0.29, 0.717) is 17.2 Å². The summed E-state index contributed by atoms with van der Waals surface area (Å²) in [5, 5.41) is 0. The van der Waals surface area contributed by atoms with Crippen LogP contribution in [0, 0.1) is 6.92 Å². The summed E-state index contributed by atoms with van der Waals surface area (Å²) in [4.78, 5) is 4.50. The second-order valence-electron chi connectivity index (χ2n) is 5.37. The largest absolute Gasteiger partial charge is 0.493 e. The minimum absolute atomic E-state index is 0.570. The molecule has 0 saturated carbocycles. The predicted molar refractivity (Wildman–Crippen MR) is 93.4 cm³/mol. The highest BCUT2D eigenvalue weighted by atomic mass is 16.5. The molecule has 0 atom stereocenters. The maximum absolute atomic E-state index is 5.44. The average Bonchev–Trinajstić information content (AvgIpc) is 3.10. The number of benzene rings is 2. The number of hydrogen-bond acceptors (Lipinski definition) is 4. The summed E-state index contributed by atoms with van der Waals surface area (Å²) >= 11 is 0. The molecule has 0 saturated heterocycles. The van der Waals surface area contributed by atoms with Gasteiger partial charge in [0.25, 0.3) is 0 Å². The molecule has 0 amide bonds. The molecule has 5 heteroatoms. The highest BCUT2D eigenvalue weighted by molar-refractivity contribution is 5.63. The number of imidazole rings is 1. The van der Waals surface area contributed by atoms with Crippen LogP contribution in [0.1, 0.15) is 5.56 Å². The summed E-state index contributed by atoms with van der Waals surface area (Å²) in [6.45, 7) is 2.06. The van der Waals surface area contributed by atoms with E-state index in [1.165, 1.54) is 5.56 Å². The zero-order chi connectivity index (χ0) is 17.1. The minimum Gasteiger partial charge on any atom is -0.493 e. The van der Waals surface area contributed by atoms with Crippen LogP contribution in [0.2, 0.25) is 0 Å². The summed E-state index contributed by atoms with van der Waals surface area (Å²) in [5.74, 6) is 2.64. The Bertz CT molecular complexity index is 813. The molecule has 0 radical (unpaired) electrons. The van der Waals surface area contributed by atoms with Crippen molar-refractivity contribution in [2.24, 2.45) is 0 Å². The van der Waals surface area contributed by atoms with Crippen LogP contribution in [0.5, 0.6) is 17.2 Å². The second kappa shape index (κ2) is 6.66. The Hall–Kier alpha value is -2.95. The summed E-state index contributed by atoms with van der Waals surface area (Å²) in [5.41, 5.74) is 3.14. The third kappa shape index (κ3) is 2.80.